The van der Waals surface area contributed by atoms with Gasteiger partial charge in [0, 0.05) is 13.0 Å². The molecule has 3 N–H and O–H groups in total. The number of nitrogens with one attached hydrogen (secondary N) is 2. The number of carbonyl (C=O) groups excluding carboxylic acids is 3. The largest absolute Gasteiger partial charge is 0.480 e. The third-order valence-corrected chi connectivity index (χ3v) is 2.97. The standard InChI is InChI=1S/C12H19N3O5/c1-7(2)10(11(18)19)14-8(16)4-3-5-15-9(17)6-13-12(15)20/h7,10H,3-6H2,1-2H3,(H,13,20)(H,14,16)(H,18,19)/t10-/m1/s1. The van der Waals surface area contributed by atoms with Crippen molar-refractivity contribution in [2.45, 2.75) is 32.7 Å². The lowest BCUT2D eigenvalue weighted by molar-refractivity contribution is -0.143. The van der Waals surface area contributed by atoms with Crippen LogP contribution in [0.1, 0.15) is 26.7 Å². The third-order valence-electron chi connectivity index (χ3n) is 2.97. The molecule has 0 radical (unpaired) electrons. The molecule has 0 aromatic rings. The zero-order valence-electron chi connectivity index (χ0n) is 11.5. The highest BCUT2D eigenvalue weighted by atomic mass is 16.4. The number of hydrogen-bond acceptors (Lipinski definition) is 4. The molecule has 1 saturated heterocycles. The highest BCUT2D eigenvalue weighted by molar-refractivity contribution is 6.01. The molecule has 0 bridgehead atoms. The van der Waals surface area contributed by atoms with Gasteiger partial charge in [-0.2, -0.15) is 0 Å². The third kappa shape index (κ3) is 4.22. The van der Waals surface area contributed by atoms with E-state index < -0.39 is 23.9 Å². The minimum Gasteiger partial charge on any atom is -0.480 e. The van der Waals surface area contributed by atoms with Gasteiger partial charge in [0.2, 0.25) is 11.8 Å². The summed E-state index contributed by atoms with van der Waals surface area (Å²) >= 11 is 0. The summed E-state index contributed by atoms with van der Waals surface area (Å²) in [5, 5.41) is 13.7. The molecule has 112 valence electrons. The van der Waals surface area contributed by atoms with Gasteiger partial charge in [-0.05, 0) is 12.3 Å². The fourth-order valence-electron chi connectivity index (χ4n) is 1.84. The van der Waals surface area contributed by atoms with Crippen molar-refractivity contribution in [1.82, 2.24) is 15.5 Å². The van der Waals surface area contributed by atoms with Gasteiger partial charge >= 0.3 is 12.0 Å². The van der Waals surface area contributed by atoms with Crippen molar-refractivity contribution in [2.24, 2.45) is 5.92 Å². The van der Waals surface area contributed by atoms with Crippen LogP contribution in [0.5, 0.6) is 0 Å². The van der Waals surface area contributed by atoms with E-state index in [9.17, 15) is 19.2 Å². The molecule has 1 rings (SSSR count). The Balaban J connectivity index is 2.34. The lowest BCUT2D eigenvalue weighted by Gasteiger charge is -2.18. The summed E-state index contributed by atoms with van der Waals surface area (Å²) in [6.45, 7) is 3.54. The predicted octanol–water partition coefficient (Wildman–Crippen LogP) is -0.456. The molecular weight excluding hydrogens is 266 g/mol. The zero-order valence-corrected chi connectivity index (χ0v) is 11.5. The van der Waals surface area contributed by atoms with Gasteiger partial charge in [0.1, 0.15) is 6.04 Å². The van der Waals surface area contributed by atoms with E-state index >= 15 is 0 Å². The van der Waals surface area contributed by atoms with E-state index in [1.165, 1.54) is 0 Å². The topological polar surface area (TPSA) is 116 Å². The first-order valence-electron chi connectivity index (χ1n) is 6.43. The van der Waals surface area contributed by atoms with E-state index in [-0.39, 0.29) is 31.3 Å². The molecular formula is C12H19N3O5. The van der Waals surface area contributed by atoms with E-state index in [0.29, 0.717) is 6.42 Å². The van der Waals surface area contributed by atoms with Crippen LogP contribution >= 0.6 is 0 Å². The molecule has 8 heteroatoms. The summed E-state index contributed by atoms with van der Waals surface area (Å²) in [5.41, 5.74) is 0. The number of hydrogen-bond donors (Lipinski definition) is 3. The molecule has 0 aromatic heterocycles. The van der Waals surface area contributed by atoms with Crippen LogP contribution in [-0.2, 0) is 14.4 Å². The van der Waals surface area contributed by atoms with Crippen LogP contribution in [0.4, 0.5) is 4.79 Å². The number of aliphatic carboxylic acids is 1. The molecule has 20 heavy (non-hydrogen) atoms. The van der Waals surface area contributed by atoms with Crippen LogP contribution in [0.2, 0.25) is 0 Å². The van der Waals surface area contributed by atoms with Crippen molar-refractivity contribution in [2.75, 3.05) is 13.1 Å². The van der Waals surface area contributed by atoms with E-state index in [1.54, 1.807) is 13.8 Å². The maximum Gasteiger partial charge on any atom is 0.326 e. The molecule has 4 amide bonds. The maximum absolute atomic E-state index is 11.6. The molecule has 1 heterocycles. The first-order chi connectivity index (χ1) is 9.32. The summed E-state index contributed by atoms with van der Waals surface area (Å²) in [4.78, 5) is 46.1. The Morgan fingerprint density at radius 1 is 1.40 bits per heavy atom. The Kier molecular flexibility index (Phi) is 5.48. The number of carboxylic acid groups (broad SMARTS) is 1. The Hall–Kier alpha value is -2.12. The van der Waals surface area contributed by atoms with Crippen molar-refractivity contribution in [3.05, 3.63) is 0 Å². The molecule has 1 fully saturated rings. The molecule has 1 aliphatic rings. The zero-order chi connectivity index (χ0) is 15.3. The molecule has 0 aliphatic carbocycles. The highest BCUT2D eigenvalue weighted by Crippen LogP contribution is 2.05. The first kappa shape index (κ1) is 15.9. The van der Waals surface area contributed by atoms with Gasteiger partial charge in [-0.3, -0.25) is 14.5 Å². The van der Waals surface area contributed by atoms with Gasteiger partial charge in [0.15, 0.2) is 0 Å². The molecule has 0 spiro atoms. The number of imide groups is 1. The number of carboxylic acids is 1. The van der Waals surface area contributed by atoms with Crippen LogP contribution in [0, 0.1) is 5.92 Å². The molecule has 0 aromatic carbocycles. The number of carbonyl (C=O) groups is 4. The average Bonchev–Trinajstić information content (AvgIpc) is 2.66. The number of nitrogens with zero attached hydrogens (tertiary/aromatic N) is 1. The smallest absolute Gasteiger partial charge is 0.326 e. The van der Waals surface area contributed by atoms with Crippen molar-refractivity contribution in [3.8, 4) is 0 Å². The van der Waals surface area contributed by atoms with Gasteiger partial charge in [0.25, 0.3) is 0 Å². The van der Waals surface area contributed by atoms with Crippen LogP contribution in [0.25, 0.3) is 0 Å². The fourth-order valence-corrected chi connectivity index (χ4v) is 1.84. The van der Waals surface area contributed by atoms with E-state index in [2.05, 4.69) is 10.6 Å². The Labute approximate surface area is 116 Å². The lowest BCUT2D eigenvalue weighted by atomic mass is 10.0. The maximum atomic E-state index is 11.6. The predicted molar refractivity (Wildman–Crippen MR) is 68.8 cm³/mol. The normalized spacial score (nSPS) is 16.2. The molecule has 8 nitrogen and oxygen atoms in total. The minimum atomic E-state index is -1.08. The molecule has 1 aliphatic heterocycles. The Morgan fingerprint density at radius 2 is 2.05 bits per heavy atom. The van der Waals surface area contributed by atoms with E-state index in [0.717, 1.165) is 4.90 Å². The second-order valence-electron chi connectivity index (χ2n) is 4.94. The van der Waals surface area contributed by atoms with Gasteiger partial charge < -0.3 is 15.7 Å². The summed E-state index contributed by atoms with van der Waals surface area (Å²) in [6, 6.07) is -1.39. The SMILES string of the molecule is CC(C)[C@@H](NC(=O)CCCN1C(=O)CNC1=O)C(=O)O. The Morgan fingerprint density at radius 3 is 2.50 bits per heavy atom. The van der Waals surface area contributed by atoms with Gasteiger partial charge in [-0.15, -0.1) is 0 Å². The number of amides is 4. The quantitative estimate of drug-likeness (QED) is 0.548. The Bertz CT molecular complexity index is 405. The lowest BCUT2D eigenvalue weighted by Crippen LogP contribution is -2.44. The van der Waals surface area contributed by atoms with E-state index in [1.807, 2.05) is 0 Å². The van der Waals surface area contributed by atoms with Gasteiger partial charge in [0.05, 0.1) is 6.54 Å². The minimum absolute atomic E-state index is 0.0144. The van der Waals surface area contributed by atoms with Crippen LogP contribution in [0.15, 0.2) is 0 Å². The van der Waals surface area contributed by atoms with Gasteiger partial charge in [-0.25, -0.2) is 9.59 Å². The summed E-state index contributed by atoms with van der Waals surface area (Å²) in [5.74, 6) is -2.02. The monoisotopic (exact) mass is 285 g/mol. The second kappa shape index (κ2) is 6.88. The van der Waals surface area contributed by atoms with Crippen LogP contribution in [-0.4, -0.2) is 53.0 Å². The summed E-state index contributed by atoms with van der Waals surface area (Å²) in [6.07, 6.45) is 0.364. The van der Waals surface area contributed by atoms with Crippen molar-refractivity contribution < 1.29 is 24.3 Å². The second-order valence-corrected chi connectivity index (χ2v) is 4.94. The van der Waals surface area contributed by atoms with Crippen LogP contribution in [0.3, 0.4) is 0 Å². The fraction of sp³-hybridized carbons (Fsp3) is 0.667. The van der Waals surface area contributed by atoms with E-state index in [4.69, 9.17) is 5.11 Å². The molecule has 1 atom stereocenters. The summed E-state index contributed by atoms with van der Waals surface area (Å²) < 4.78 is 0. The summed E-state index contributed by atoms with van der Waals surface area (Å²) in [7, 11) is 0. The highest BCUT2D eigenvalue weighted by Gasteiger charge is 2.28. The average molecular weight is 285 g/mol. The van der Waals surface area contributed by atoms with Crippen LogP contribution < -0.4 is 10.6 Å². The van der Waals surface area contributed by atoms with Crippen molar-refractivity contribution >= 4 is 23.8 Å². The van der Waals surface area contributed by atoms with Gasteiger partial charge in [-0.1, -0.05) is 13.8 Å². The first-order valence-corrected chi connectivity index (χ1v) is 6.43. The molecule has 0 unspecified atom stereocenters. The molecule has 0 saturated carbocycles. The van der Waals surface area contributed by atoms with Crippen molar-refractivity contribution in [1.29, 1.82) is 0 Å². The number of urea groups is 1. The van der Waals surface area contributed by atoms with Crippen molar-refractivity contribution in [3.63, 3.8) is 0 Å². The number of rotatable bonds is 7.